The van der Waals surface area contributed by atoms with Crippen molar-refractivity contribution in [2.24, 2.45) is 0 Å². The van der Waals surface area contributed by atoms with Gasteiger partial charge < -0.3 is 14.2 Å². The molecule has 3 aromatic carbocycles. The van der Waals surface area contributed by atoms with Crippen LogP contribution in [0.25, 0.3) is 33.5 Å². The van der Waals surface area contributed by atoms with Gasteiger partial charge in [-0.05, 0) is 24.3 Å². The van der Waals surface area contributed by atoms with Crippen LogP contribution >= 0.6 is 0 Å². The van der Waals surface area contributed by atoms with Gasteiger partial charge in [0.25, 0.3) is 0 Å². The predicted molar refractivity (Wildman–Crippen MR) is 126 cm³/mol. The van der Waals surface area contributed by atoms with Crippen LogP contribution in [0.15, 0.2) is 89.3 Å². The summed E-state index contributed by atoms with van der Waals surface area (Å²) in [6, 6.07) is 28.8. The van der Waals surface area contributed by atoms with E-state index in [-0.39, 0.29) is 0 Å². The van der Waals surface area contributed by atoms with E-state index in [0.29, 0.717) is 0 Å². The molecule has 0 bridgehead atoms. The van der Waals surface area contributed by atoms with Gasteiger partial charge in [-0.2, -0.15) is 0 Å². The van der Waals surface area contributed by atoms with E-state index >= 15 is 0 Å². The highest BCUT2D eigenvalue weighted by Crippen LogP contribution is 2.35. The van der Waals surface area contributed by atoms with Gasteiger partial charge in [0, 0.05) is 42.8 Å². The average Bonchev–Trinajstić information content (AvgIpc) is 3.23. The van der Waals surface area contributed by atoms with Gasteiger partial charge in [0.1, 0.15) is 11.1 Å². The molecule has 0 spiro atoms. The Morgan fingerprint density at radius 3 is 2.06 bits per heavy atom. The lowest BCUT2D eigenvalue weighted by Gasteiger charge is -2.36. The molecule has 5 nitrogen and oxygen atoms in total. The van der Waals surface area contributed by atoms with Gasteiger partial charge >= 0.3 is 0 Å². The van der Waals surface area contributed by atoms with E-state index in [1.165, 1.54) is 5.69 Å². The minimum absolute atomic E-state index is 0.736. The first-order valence-corrected chi connectivity index (χ1v) is 10.7. The maximum absolute atomic E-state index is 6.26. The number of hydrogen-bond donors (Lipinski definition) is 0. The van der Waals surface area contributed by atoms with Crippen LogP contribution in [0.3, 0.4) is 0 Å². The molecule has 5 aromatic rings. The first-order valence-electron chi connectivity index (χ1n) is 10.7. The Morgan fingerprint density at radius 1 is 0.645 bits per heavy atom. The molecule has 31 heavy (non-hydrogen) atoms. The molecule has 0 N–H and O–H groups in total. The number of benzene rings is 3. The number of fused-ring (bicyclic) bond motifs is 3. The van der Waals surface area contributed by atoms with Crippen LogP contribution in [-0.2, 0) is 0 Å². The van der Waals surface area contributed by atoms with Gasteiger partial charge in [0.2, 0.25) is 0 Å². The SMILES string of the molecule is c1ccc(-c2nc(N3CCN(c4ccccc4)CC3)c3oc4ccccc4c3n2)cc1. The lowest BCUT2D eigenvalue weighted by molar-refractivity contribution is 0.629. The van der Waals surface area contributed by atoms with E-state index in [2.05, 4.69) is 58.3 Å². The summed E-state index contributed by atoms with van der Waals surface area (Å²) in [4.78, 5) is 14.7. The normalized spacial score (nSPS) is 14.5. The van der Waals surface area contributed by atoms with E-state index < -0.39 is 0 Å². The Labute approximate surface area is 180 Å². The van der Waals surface area contributed by atoms with E-state index in [4.69, 9.17) is 14.4 Å². The van der Waals surface area contributed by atoms with Crippen molar-refractivity contribution in [3.05, 3.63) is 84.9 Å². The quantitative estimate of drug-likeness (QED) is 0.403. The second-order valence-corrected chi connectivity index (χ2v) is 7.82. The van der Waals surface area contributed by atoms with Crippen molar-refractivity contribution < 1.29 is 4.42 Å². The maximum atomic E-state index is 6.26. The van der Waals surface area contributed by atoms with Crippen LogP contribution in [0.4, 0.5) is 11.5 Å². The molecule has 1 aliphatic rings. The smallest absolute Gasteiger partial charge is 0.196 e. The van der Waals surface area contributed by atoms with Gasteiger partial charge in [-0.3, -0.25) is 0 Å². The number of nitrogens with zero attached hydrogens (tertiary/aromatic N) is 4. The van der Waals surface area contributed by atoms with Crippen molar-refractivity contribution in [3.63, 3.8) is 0 Å². The summed E-state index contributed by atoms with van der Waals surface area (Å²) in [5, 5.41) is 1.03. The molecule has 1 aliphatic heterocycles. The highest BCUT2D eigenvalue weighted by Gasteiger charge is 2.24. The number of piperazine rings is 1. The van der Waals surface area contributed by atoms with Crippen molar-refractivity contribution >= 4 is 33.6 Å². The van der Waals surface area contributed by atoms with Crippen LogP contribution in [0.2, 0.25) is 0 Å². The summed E-state index contributed by atoms with van der Waals surface area (Å²) in [7, 11) is 0. The van der Waals surface area contributed by atoms with Crippen molar-refractivity contribution in [3.8, 4) is 11.4 Å². The number of hydrogen-bond acceptors (Lipinski definition) is 5. The fourth-order valence-corrected chi connectivity index (χ4v) is 4.32. The van der Waals surface area contributed by atoms with Crippen molar-refractivity contribution in [1.29, 1.82) is 0 Å². The van der Waals surface area contributed by atoms with Crippen LogP contribution in [0.5, 0.6) is 0 Å². The van der Waals surface area contributed by atoms with Gasteiger partial charge in [-0.25, -0.2) is 9.97 Å². The van der Waals surface area contributed by atoms with Gasteiger partial charge in [0.05, 0.1) is 0 Å². The standard InChI is InChI=1S/C26H22N4O/c1-3-9-19(10-4-1)25-27-23-21-13-7-8-14-22(21)31-24(23)26(28-25)30-17-15-29(16-18-30)20-11-5-2-6-12-20/h1-14H,15-18H2. The monoisotopic (exact) mass is 406 g/mol. The number of rotatable bonds is 3. The Morgan fingerprint density at radius 2 is 1.29 bits per heavy atom. The highest BCUT2D eigenvalue weighted by atomic mass is 16.3. The van der Waals surface area contributed by atoms with E-state index in [9.17, 15) is 0 Å². The lowest BCUT2D eigenvalue weighted by atomic mass is 10.2. The number of aromatic nitrogens is 2. The molecule has 0 radical (unpaired) electrons. The summed E-state index contributed by atoms with van der Waals surface area (Å²) >= 11 is 0. The molecule has 5 heteroatoms. The molecule has 1 fully saturated rings. The molecule has 6 rings (SSSR count). The van der Waals surface area contributed by atoms with Crippen molar-refractivity contribution in [1.82, 2.24) is 9.97 Å². The second kappa shape index (κ2) is 7.43. The van der Waals surface area contributed by atoms with Crippen LogP contribution < -0.4 is 9.80 Å². The Balaban J connectivity index is 1.43. The zero-order valence-electron chi connectivity index (χ0n) is 17.1. The Bertz CT molecular complexity index is 1340. The number of anilines is 2. The molecule has 0 saturated carbocycles. The largest absolute Gasteiger partial charge is 0.450 e. The third-order valence-electron chi connectivity index (χ3n) is 5.93. The predicted octanol–water partition coefficient (Wildman–Crippen LogP) is 5.37. The minimum atomic E-state index is 0.736. The zero-order valence-corrected chi connectivity index (χ0v) is 17.1. The zero-order chi connectivity index (χ0) is 20.6. The van der Waals surface area contributed by atoms with E-state index in [1.54, 1.807) is 0 Å². The molecule has 2 aromatic heterocycles. The van der Waals surface area contributed by atoms with E-state index in [1.807, 2.05) is 36.4 Å². The number of para-hydroxylation sites is 2. The Kier molecular flexibility index (Phi) is 4.31. The third kappa shape index (κ3) is 3.19. The van der Waals surface area contributed by atoms with Gasteiger partial charge in [-0.1, -0.05) is 60.7 Å². The fourth-order valence-electron chi connectivity index (χ4n) is 4.32. The van der Waals surface area contributed by atoms with Gasteiger partial charge in [-0.15, -0.1) is 0 Å². The topological polar surface area (TPSA) is 45.4 Å². The molecule has 1 saturated heterocycles. The fraction of sp³-hybridized carbons (Fsp3) is 0.154. The van der Waals surface area contributed by atoms with E-state index in [0.717, 1.165) is 65.5 Å². The van der Waals surface area contributed by atoms with Crippen molar-refractivity contribution in [2.45, 2.75) is 0 Å². The lowest BCUT2D eigenvalue weighted by Crippen LogP contribution is -2.46. The van der Waals surface area contributed by atoms with Crippen LogP contribution in [0, 0.1) is 0 Å². The summed E-state index contributed by atoms with van der Waals surface area (Å²) in [5.41, 5.74) is 4.78. The maximum Gasteiger partial charge on any atom is 0.196 e. The Hall–Kier alpha value is -3.86. The summed E-state index contributed by atoms with van der Waals surface area (Å²) < 4.78 is 6.26. The van der Waals surface area contributed by atoms with Crippen LogP contribution in [-0.4, -0.2) is 36.1 Å². The third-order valence-corrected chi connectivity index (χ3v) is 5.93. The first kappa shape index (κ1) is 18.0. The van der Waals surface area contributed by atoms with Crippen LogP contribution in [0.1, 0.15) is 0 Å². The summed E-state index contributed by atoms with van der Waals surface area (Å²) in [5.74, 6) is 1.62. The molecule has 0 atom stereocenters. The van der Waals surface area contributed by atoms with Gasteiger partial charge in [0.15, 0.2) is 17.2 Å². The molecule has 0 aliphatic carbocycles. The number of furan rings is 1. The first-order chi connectivity index (χ1) is 15.4. The summed E-state index contributed by atoms with van der Waals surface area (Å²) in [6.07, 6.45) is 0. The molecular weight excluding hydrogens is 384 g/mol. The minimum Gasteiger partial charge on any atom is -0.450 e. The molecule has 152 valence electrons. The van der Waals surface area contributed by atoms with Crippen molar-refractivity contribution in [2.75, 3.05) is 36.0 Å². The average molecular weight is 406 g/mol. The molecule has 0 unspecified atom stereocenters. The molecule has 0 amide bonds. The molecular formula is C26H22N4O. The molecule has 3 heterocycles. The highest BCUT2D eigenvalue weighted by molar-refractivity contribution is 6.06. The summed E-state index contributed by atoms with van der Waals surface area (Å²) in [6.45, 7) is 3.64. The second-order valence-electron chi connectivity index (χ2n) is 7.82.